The lowest BCUT2D eigenvalue weighted by molar-refractivity contribution is -0.926. The predicted octanol–water partition coefficient (Wildman–Crippen LogP) is 16.2. The molecule has 24 nitrogen and oxygen atoms in total. The Morgan fingerprint density at radius 3 is 0.621 bits per heavy atom. The number of primary amides is 4. The molecule has 0 heterocycles. The van der Waals surface area contributed by atoms with Gasteiger partial charge in [0.05, 0.1) is 209 Å². The summed E-state index contributed by atoms with van der Waals surface area (Å²) in [6, 6.07) is 0. The summed E-state index contributed by atoms with van der Waals surface area (Å²) in [6.07, 6.45) is 23.2. The number of hydrogen-bond acceptors (Lipinski definition) is 16. The van der Waals surface area contributed by atoms with Crippen LogP contribution < -0.4 is 22.9 Å². The number of amides is 4. The van der Waals surface area contributed by atoms with E-state index in [1.54, 1.807) is 36.5 Å². The fourth-order valence-electron chi connectivity index (χ4n) is 13.0. The maximum atomic E-state index is 11.5. The SMILES string of the molecule is C/C=C/C(=O)SCC[N+](C)(C)C.C/C=C/C(=O)SCC[N+](CC)(CC)CC.C/C=C/C(=O)SCC[N+](CC)(CCC)CCC.C/C=C/C(=O)SCC[N+](CC)(CCC)CCCC.CCCC[N+](CC)(CCC)CCOC(N)=O.CCC[N+](CC)(CCC)CCOC(N)=O.CC[N+](CC)(CC)CCOC(N)=O.C[N+](C)(C)CCOC(N)=O. The highest BCUT2D eigenvalue weighted by atomic mass is 32.2. The zero-order chi connectivity index (χ0) is 91.0. The Hall–Kier alpha value is -4.20. The largest absolute Gasteiger partial charge is 0.444 e. The summed E-state index contributed by atoms with van der Waals surface area (Å²) < 4.78 is 27.1. The monoisotopic (exact) mass is 1730 g/mol. The third-order valence-corrected chi connectivity index (χ3v) is 24.2. The Labute approximate surface area is 730 Å². The summed E-state index contributed by atoms with van der Waals surface area (Å²) in [5.41, 5.74) is 19.5. The topological polar surface area (TPSA) is 278 Å². The fourth-order valence-corrected chi connectivity index (χ4v) is 16.8. The van der Waals surface area contributed by atoms with E-state index in [4.69, 9.17) is 37.1 Å². The molecule has 0 aliphatic carbocycles. The molecule has 0 aliphatic heterocycles. The molecule has 0 saturated heterocycles. The summed E-state index contributed by atoms with van der Waals surface area (Å²) in [5, 5.41) is 0.721. The Morgan fingerprint density at radius 2 is 0.422 bits per heavy atom. The molecule has 0 rings (SSSR count). The van der Waals surface area contributed by atoms with E-state index in [2.05, 4.69) is 151 Å². The van der Waals surface area contributed by atoms with Gasteiger partial charge in [-0.1, -0.05) is 140 Å². The second kappa shape index (κ2) is 81.8. The van der Waals surface area contributed by atoms with Crippen LogP contribution in [0.25, 0.3) is 0 Å². The lowest BCUT2D eigenvalue weighted by Crippen LogP contribution is -2.51. The highest BCUT2D eigenvalue weighted by molar-refractivity contribution is 8.14. The van der Waals surface area contributed by atoms with Crippen molar-refractivity contribution in [3.63, 3.8) is 0 Å². The first-order valence-corrected chi connectivity index (χ1v) is 48.1. The van der Waals surface area contributed by atoms with E-state index in [1.807, 2.05) is 61.0 Å². The standard InChI is InChI=1S/C15H30NOS.C14H28NOS.C12H26N2O2.C12H24NOS.C11H24N2O2.C9H20N2O2.C9H18NOS.C6H14N2O2/c1-5-9-12-16(8-4,11-7-3)13-14-18-15(17)10-6-2;1-5-9-14(16)17-13-12-15(8-4,10-6-2)11-7-3;1-4-7-9-14(6-3,8-5-2)10-11-16-12(13)15;1-5-9-12(14)15-11-10-13(6-2,7-3)8-4;1-4-7-13(6-3,8-5-2)9-10-15-11(12)14;1-4-11(5-2,6-3)7-8-13-9(10)12;1-5-6-9(11)12-8-7-10(2,3)4;1-8(2,3)4-5-10-6(7)9/h6,10H,5,7-9,11-14H2,1-4H3;5,9H,6-8,10-13H2,1-4H3;4-11H2,1-3H3,(H-,13,15);5,9H,6-8,10-11H2,1-4H3;4-10H2,1-3H3,(H-,12,14);4-8H2,1-3H3,(H-,10,12);5-6H,7-8H2,1-4H3;4-5H2,1-3H3,(H-,7,9)/q2*+1;;+1;;;+1;/p+4/b10-6+;9-5+;;9-5+;;;6-5+;. The second-order valence-electron chi connectivity index (χ2n) is 31.4. The van der Waals surface area contributed by atoms with Gasteiger partial charge in [-0.3, -0.25) is 19.2 Å². The minimum Gasteiger partial charge on any atom is -0.444 e. The number of likely N-dealkylation sites (N-methyl/N-ethyl adjacent to an activating group) is 4. The van der Waals surface area contributed by atoms with Gasteiger partial charge in [0.2, 0.25) is 20.5 Å². The number of allylic oxidation sites excluding steroid dienone is 4. The fraction of sp³-hybridized carbons (Fsp3) is 0.818. The molecule has 116 heavy (non-hydrogen) atoms. The molecule has 0 aliphatic rings. The van der Waals surface area contributed by atoms with Crippen LogP contribution in [0.5, 0.6) is 0 Å². The van der Waals surface area contributed by atoms with Crippen LogP contribution >= 0.6 is 47.0 Å². The highest BCUT2D eigenvalue weighted by Crippen LogP contribution is 2.18. The molecule has 688 valence electrons. The van der Waals surface area contributed by atoms with Crippen LogP contribution in [0.1, 0.15) is 217 Å². The van der Waals surface area contributed by atoms with Crippen LogP contribution in [0.15, 0.2) is 48.6 Å². The van der Waals surface area contributed by atoms with Crippen molar-refractivity contribution in [1.82, 2.24) is 0 Å². The lowest BCUT2D eigenvalue weighted by Gasteiger charge is -2.37. The summed E-state index contributed by atoms with van der Waals surface area (Å²) in [4.78, 5) is 86.6. The number of rotatable bonds is 56. The van der Waals surface area contributed by atoms with Crippen LogP contribution in [0.4, 0.5) is 19.2 Å². The zero-order valence-electron chi connectivity index (χ0n) is 80.2. The molecule has 0 aromatic heterocycles. The van der Waals surface area contributed by atoms with E-state index in [0.29, 0.717) is 26.4 Å². The van der Waals surface area contributed by atoms with Crippen molar-refractivity contribution in [2.24, 2.45) is 22.9 Å². The first-order valence-electron chi connectivity index (χ1n) is 44.2. The molecule has 0 bridgehead atoms. The molecule has 4 amide bonds. The molecule has 0 aromatic rings. The molecule has 0 radical (unpaired) electrons. The van der Waals surface area contributed by atoms with Gasteiger partial charge >= 0.3 is 24.4 Å². The van der Waals surface area contributed by atoms with Crippen LogP contribution in [0, 0.1) is 0 Å². The third kappa shape index (κ3) is 79.6. The van der Waals surface area contributed by atoms with Crippen molar-refractivity contribution in [3.05, 3.63) is 48.6 Å². The van der Waals surface area contributed by atoms with E-state index in [0.717, 1.165) is 194 Å². The number of carbonyl (C=O) groups is 8. The number of unbranched alkanes of at least 4 members (excludes halogenated alkanes) is 2. The number of nitrogens with two attached hydrogens (primary N) is 4. The van der Waals surface area contributed by atoms with Crippen LogP contribution in [-0.4, -0.2) is 343 Å². The summed E-state index contributed by atoms with van der Waals surface area (Å²) in [7, 11) is 12.4. The Kier molecular flexibility index (Phi) is 89.8. The molecule has 0 fully saturated rings. The minimum absolute atomic E-state index is 0.158. The second-order valence-corrected chi connectivity index (χ2v) is 35.8. The minimum atomic E-state index is -0.701. The average Bonchev–Trinajstić information content (AvgIpc) is 0.877. The van der Waals surface area contributed by atoms with Gasteiger partial charge in [0.25, 0.3) is 0 Å². The zero-order valence-corrected chi connectivity index (χ0v) is 83.4. The van der Waals surface area contributed by atoms with Crippen LogP contribution in [0.3, 0.4) is 0 Å². The molecule has 0 aromatic carbocycles. The van der Waals surface area contributed by atoms with Crippen LogP contribution in [0.2, 0.25) is 0 Å². The van der Waals surface area contributed by atoms with Gasteiger partial charge < -0.3 is 77.7 Å². The van der Waals surface area contributed by atoms with Crippen LogP contribution in [-0.2, 0) is 38.1 Å². The third-order valence-electron chi connectivity index (χ3n) is 21.0. The van der Waals surface area contributed by atoms with Crippen molar-refractivity contribution < 1.29 is 93.2 Å². The molecule has 2 atom stereocenters. The molecular weight excluding hydrogens is 1550 g/mol. The number of ether oxygens (including phenoxy) is 4. The van der Waals surface area contributed by atoms with E-state index in [1.165, 1.54) is 147 Å². The van der Waals surface area contributed by atoms with Crippen molar-refractivity contribution in [1.29, 1.82) is 0 Å². The van der Waals surface area contributed by atoms with Gasteiger partial charge in [0.15, 0.2) is 0 Å². The first kappa shape index (κ1) is 127. The van der Waals surface area contributed by atoms with E-state index < -0.39 is 24.4 Å². The maximum Gasteiger partial charge on any atom is 0.404 e. The Bertz CT molecular complexity index is 2510. The number of thioether (sulfide) groups is 4. The summed E-state index contributed by atoms with van der Waals surface area (Å²) in [6.45, 7) is 77.6. The first-order chi connectivity index (χ1) is 54.6. The molecule has 0 saturated carbocycles. The van der Waals surface area contributed by atoms with Gasteiger partial charge in [-0.2, -0.15) is 0 Å². The van der Waals surface area contributed by atoms with Gasteiger partial charge in [0, 0.05) is 0 Å². The van der Waals surface area contributed by atoms with Crippen molar-refractivity contribution in [3.8, 4) is 0 Å². The van der Waals surface area contributed by atoms with Gasteiger partial charge in [-0.05, 0) is 173 Å². The Morgan fingerprint density at radius 1 is 0.241 bits per heavy atom. The van der Waals surface area contributed by atoms with Crippen molar-refractivity contribution >= 4 is 91.9 Å². The lowest BCUT2D eigenvalue weighted by atomic mass is 10.2. The predicted molar refractivity (Wildman–Crippen MR) is 504 cm³/mol. The highest BCUT2D eigenvalue weighted by Gasteiger charge is 2.28. The molecule has 28 heteroatoms. The smallest absolute Gasteiger partial charge is 0.404 e. The summed E-state index contributed by atoms with van der Waals surface area (Å²) in [5.74, 6) is 3.71. The number of carbonyl (C=O) groups excluding carboxylic acids is 8. The molecular formula is C88H188N12O12S4+8. The molecule has 8 N–H and O–H groups in total. The van der Waals surface area contributed by atoms with Gasteiger partial charge in [0.1, 0.15) is 52.6 Å². The number of nitrogens with zero attached hydrogens (tertiary/aromatic N) is 8. The normalized spacial score (nSPS) is 12.7. The Balaban J connectivity index is -0.000000193. The van der Waals surface area contributed by atoms with Crippen molar-refractivity contribution in [2.75, 3.05) is 262 Å². The maximum absolute atomic E-state index is 11.5. The van der Waals surface area contributed by atoms with E-state index in [-0.39, 0.29) is 20.5 Å². The van der Waals surface area contributed by atoms with Crippen molar-refractivity contribution in [2.45, 2.75) is 217 Å². The van der Waals surface area contributed by atoms with Gasteiger partial charge in [-0.25, -0.2) is 19.2 Å². The van der Waals surface area contributed by atoms with Gasteiger partial charge in [-0.15, -0.1) is 0 Å². The average molecular weight is 1730 g/mol. The number of hydrogen-bond donors (Lipinski definition) is 4. The quantitative estimate of drug-likeness (QED) is 0.0250. The molecule has 0 spiro atoms. The van der Waals surface area contributed by atoms with E-state index >= 15 is 0 Å². The van der Waals surface area contributed by atoms with E-state index in [9.17, 15) is 38.4 Å². The summed E-state index contributed by atoms with van der Waals surface area (Å²) >= 11 is 5.73. The molecule has 2 unspecified atom stereocenters. The number of quaternary nitrogens is 8.